The van der Waals surface area contributed by atoms with Gasteiger partial charge in [0, 0.05) is 5.54 Å². The minimum absolute atomic E-state index is 0.0462. The number of rotatable bonds is 4. The zero-order valence-corrected chi connectivity index (χ0v) is 12.2. The van der Waals surface area contributed by atoms with Gasteiger partial charge in [-0.15, -0.1) is 10.2 Å². The molecule has 0 amide bonds. The lowest BCUT2D eigenvalue weighted by atomic mass is 10.1. The fourth-order valence-electron chi connectivity index (χ4n) is 0.994. The molecule has 1 atom stereocenters. The second-order valence-corrected chi connectivity index (χ2v) is 7.10. The smallest absolute Gasteiger partial charge is 0.318 e. The molecule has 0 aliphatic rings. The van der Waals surface area contributed by atoms with Crippen LogP contribution in [-0.4, -0.2) is 34.1 Å². The number of esters is 1. The third-order valence-corrected chi connectivity index (χ3v) is 3.70. The van der Waals surface area contributed by atoms with Crippen LogP contribution in [0.15, 0.2) is 4.34 Å². The first-order valence-corrected chi connectivity index (χ1v) is 6.87. The molecule has 0 saturated heterocycles. The molecule has 0 unspecified atom stereocenters. The molecule has 0 aliphatic carbocycles. The van der Waals surface area contributed by atoms with Gasteiger partial charge in [0.2, 0.25) is 5.13 Å². The lowest BCUT2D eigenvalue weighted by molar-refractivity contribution is -0.139. The van der Waals surface area contributed by atoms with Crippen molar-refractivity contribution in [3.05, 3.63) is 0 Å². The van der Waals surface area contributed by atoms with Crippen molar-refractivity contribution in [2.75, 3.05) is 12.4 Å². The summed E-state index contributed by atoms with van der Waals surface area (Å²) >= 11 is 2.79. The van der Waals surface area contributed by atoms with E-state index >= 15 is 0 Å². The Morgan fingerprint density at radius 3 is 2.65 bits per heavy atom. The van der Waals surface area contributed by atoms with E-state index in [1.54, 1.807) is 6.92 Å². The lowest BCUT2D eigenvalue weighted by Gasteiger charge is -2.18. The zero-order valence-electron chi connectivity index (χ0n) is 10.6. The molecule has 5 nitrogen and oxygen atoms in total. The highest BCUT2D eigenvalue weighted by Gasteiger charge is 2.18. The van der Waals surface area contributed by atoms with E-state index < -0.39 is 0 Å². The molecule has 0 saturated carbocycles. The predicted molar refractivity (Wildman–Crippen MR) is 70.6 cm³/mol. The van der Waals surface area contributed by atoms with Crippen LogP contribution in [0.1, 0.15) is 27.7 Å². The highest BCUT2D eigenvalue weighted by atomic mass is 32.2. The molecular formula is C10H17N3O2S2. The third kappa shape index (κ3) is 4.91. The van der Waals surface area contributed by atoms with Gasteiger partial charge in [0.05, 0.1) is 7.11 Å². The van der Waals surface area contributed by atoms with Crippen LogP contribution in [0.25, 0.3) is 0 Å². The van der Waals surface area contributed by atoms with E-state index in [4.69, 9.17) is 0 Å². The Hall–Kier alpha value is -0.820. The molecule has 0 aromatic carbocycles. The van der Waals surface area contributed by atoms with Crippen LogP contribution in [-0.2, 0) is 9.53 Å². The average molecular weight is 275 g/mol. The van der Waals surface area contributed by atoms with Gasteiger partial charge < -0.3 is 10.1 Å². The SMILES string of the molecule is COC(=O)[C@H](C)Sc1nnc(NC(C)(C)C)s1. The number of ether oxygens (including phenoxy) is 1. The minimum Gasteiger partial charge on any atom is -0.468 e. The van der Waals surface area contributed by atoms with Gasteiger partial charge in [0.1, 0.15) is 5.25 Å². The Labute approximate surface area is 109 Å². The number of carbonyl (C=O) groups is 1. The Morgan fingerprint density at radius 1 is 1.47 bits per heavy atom. The van der Waals surface area contributed by atoms with E-state index in [1.165, 1.54) is 30.2 Å². The van der Waals surface area contributed by atoms with Gasteiger partial charge >= 0.3 is 5.97 Å². The van der Waals surface area contributed by atoms with Gasteiger partial charge in [-0.3, -0.25) is 4.79 Å². The molecule has 0 aliphatic heterocycles. The Morgan fingerprint density at radius 2 is 2.12 bits per heavy atom. The van der Waals surface area contributed by atoms with Crippen molar-refractivity contribution < 1.29 is 9.53 Å². The standard InChI is InChI=1S/C10H17N3O2S2/c1-6(7(14)15-5)16-9-13-12-8(17-9)11-10(2,3)4/h6H,1-5H3,(H,11,12)/t6-/m0/s1. The molecule has 0 radical (unpaired) electrons. The van der Waals surface area contributed by atoms with Crippen molar-refractivity contribution in [1.82, 2.24) is 10.2 Å². The van der Waals surface area contributed by atoms with Crippen LogP contribution < -0.4 is 5.32 Å². The van der Waals surface area contributed by atoms with E-state index in [0.29, 0.717) is 0 Å². The van der Waals surface area contributed by atoms with Crippen LogP contribution in [0.2, 0.25) is 0 Å². The monoisotopic (exact) mass is 275 g/mol. The summed E-state index contributed by atoms with van der Waals surface area (Å²) in [5.74, 6) is -0.254. The van der Waals surface area contributed by atoms with Crippen molar-refractivity contribution >= 4 is 34.2 Å². The minimum atomic E-state index is -0.268. The van der Waals surface area contributed by atoms with Gasteiger partial charge in [-0.05, 0) is 27.7 Å². The maximum absolute atomic E-state index is 11.2. The van der Waals surface area contributed by atoms with E-state index in [-0.39, 0.29) is 16.8 Å². The molecule has 1 aromatic heterocycles. The fraction of sp³-hybridized carbons (Fsp3) is 0.700. The zero-order chi connectivity index (χ0) is 13.1. The summed E-state index contributed by atoms with van der Waals surface area (Å²) in [5.41, 5.74) is -0.0462. The Balaban J connectivity index is 2.60. The molecule has 0 bridgehead atoms. The number of carbonyl (C=O) groups excluding carboxylic acids is 1. The molecule has 0 fully saturated rings. The normalized spacial score (nSPS) is 13.2. The number of hydrogen-bond acceptors (Lipinski definition) is 7. The van der Waals surface area contributed by atoms with Crippen LogP contribution in [0.5, 0.6) is 0 Å². The number of anilines is 1. The van der Waals surface area contributed by atoms with E-state index in [2.05, 4.69) is 41.0 Å². The number of methoxy groups -OCH3 is 1. The maximum atomic E-state index is 11.2. The molecule has 1 N–H and O–H groups in total. The van der Waals surface area contributed by atoms with E-state index in [0.717, 1.165) is 9.47 Å². The summed E-state index contributed by atoms with van der Waals surface area (Å²) in [5, 5.41) is 11.8. The lowest BCUT2D eigenvalue weighted by Crippen LogP contribution is -2.25. The first kappa shape index (κ1) is 14.2. The summed E-state index contributed by atoms with van der Waals surface area (Å²) in [7, 11) is 1.38. The van der Waals surface area contributed by atoms with Crippen molar-refractivity contribution in [3.8, 4) is 0 Å². The van der Waals surface area contributed by atoms with Gasteiger partial charge in [-0.25, -0.2) is 0 Å². The second kappa shape index (κ2) is 5.68. The van der Waals surface area contributed by atoms with Gasteiger partial charge in [-0.2, -0.15) is 0 Å². The van der Waals surface area contributed by atoms with Gasteiger partial charge in [0.15, 0.2) is 4.34 Å². The molecule has 0 spiro atoms. The quantitative estimate of drug-likeness (QED) is 0.672. The number of thioether (sulfide) groups is 1. The largest absolute Gasteiger partial charge is 0.468 e. The number of nitrogens with zero attached hydrogens (tertiary/aromatic N) is 2. The molecule has 7 heteroatoms. The first-order valence-electron chi connectivity index (χ1n) is 5.18. The van der Waals surface area contributed by atoms with Gasteiger partial charge in [-0.1, -0.05) is 23.1 Å². The molecule has 1 heterocycles. The van der Waals surface area contributed by atoms with Crippen molar-refractivity contribution in [2.45, 2.75) is 42.8 Å². The van der Waals surface area contributed by atoms with Crippen molar-refractivity contribution in [1.29, 1.82) is 0 Å². The number of nitrogens with one attached hydrogen (secondary N) is 1. The van der Waals surface area contributed by atoms with Crippen molar-refractivity contribution in [3.63, 3.8) is 0 Å². The van der Waals surface area contributed by atoms with Crippen LogP contribution >= 0.6 is 23.1 Å². The summed E-state index contributed by atoms with van der Waals surface area (Å²) in [6.07, 6.45) is 0. The third-order valence-electron chi connectivity index (χ3n) is 1.70. The Bertz CT molecular complexity index is 387. The fourth-order valence-corrected chi connectivity index (χ4v) is 3.13. The van der Waals surface area contributed by atoms with Gasteiger partial charge in [0.25, 0.3) is 0 Å². The topological polar surface area (TPSA) is 64.1 Å². The van der Waals surface area contributed by atoms with E-state index in [1.807, 2.05) is 0 Å². The Kier molecular flexibility index (Phi) is 4.76. The summed E-state index contributed by atoms with van der Waals surface area (Å²) < 4.78 is 5.41. The summed E-state index contributed by atoms with van der Waals surface area (Å²) in [6.45, 7) is 7.95. The van der Waals surface area contributed by atoms with Crippen molar-refractivity contribution in [2.24, 2.45) is 0 Å². The molecule has 1 rings (SSSR count). The highest BCUT2D eigenvalue weighted by molar-refractivity contribution is 8.02. The number of hydrogen-bond donors (Lipinski definition) is 1. The van der Waals surface area contributed by atoms with Crippen LogP contribution in [0.3, 0.4) is 0 Å². The second-order valence-electron chi connectivity index (χ2n) is 4.53. The van der Waals surface area contributed by atoms with Crippen LogP contribution in [0.4, 0.5) is 5.13 Å². The summed E-state index contributed by atoms with van der Waals surface area (Å²) in [6, 6.07) is 0. The molecular weight excluding hydrogens is 258 g/mol. The maximum Gasteiger partial charge on any atom is 0.318 e. The summed E-state index contributed by atoms with van der Waals surface area (Å²) in [4.78, 5) is 11.2. The molecule has 1 aromatic rings. The van der Waals surface area contributed by atoms with E-state index in [9.17, 15) is 4.79 Å². The van der Waals surface area contributed by atoms with Crippen LogP contribution in [0, 0.1) is 0 Å². The first-order chi connectivity index (χ1) is 7.81. The number of aromatic nitrogens is 2. The molecule has 96 valence electrons. The average Bonchev–Trinajstić information content (AvgIpc) is 2.61. The highest BCUT2D eigenvalue weighted by Crippen LogP contribution is 2.30. The predicted octanol–water partition coefficient (Wildman–Crippen LogP) is 2.40. The molecule has 17 heavy (non-hydrogen) atoms.